The van der Waals surface area contributed by atoms with E-state index in [4.69, 9.17) is 0 Å². The molecule has 1 aromatic rings. The largest absolute Gasteiger partial charge is 0.303 e. The first-order valence-corrected chi connectivity index (χ1v) is 5.46. The Kier molecular flexibility index (Phi) is 5.07. The molecule has 0 saturated carbocycles. The Bertz CT molecular complexity index is 415. The van der Waals surface area contributed by atoms with Crippen LogP contribution in [-0.2, 0) is 9.59 Å². The summed E-state index contributed by atoms with van der Waals surface area (Å²) in [5.41, 5.74) is 1.35. The molecule has 0 unspecified atom stereocenters. The second-order valence-electron chi connectivity index (χ2n) is 3.73. The molecular formula is C13H15NO3. The molecule has 1 rings (SSSR count). The third kappa shape index (κ3) is 3.52. The molecule has 4 heteroatoms. The zero-order valence-corrected chi connectivity index (χ0v) is 9.76. The van der Waals surface area contributed by atoms with Gasteiger partial charge in [0.05, 0.1) is 0 Å². The van der Waals surface area contributed by atoms with Gasteiger partial charge in [0.15, 0.2) is 0 Å². The standard InChI is InChI=1S/C13H15NO3/c1-11-6-2-3-7-12(11)13(17)14(10-16)8-4-5-9-15/h2-3,6-7,9-10H,4-5,8H2,1H3. The van der Waals surface area contributed by atoms with E-state index in [2.05, 4.69) is 0 Å². The van der Waals surface area contributed by atoms with Crippen molar-refractivity contribution < 1.29 is 14.4 Å². The maximum absolute atomic E-state index is 12.0. The smallest absolute Gasteiger partial charge is 0.260 e. The number of aldehydes is 1. The van der Waals surface area contributed by atoms with E-state index in [0.717, 1.165) is 16.7 Å². The molecule has 17 heavy (non-hydrogen) atoms. The summed E-state index contributed by atoms with van der Waals surface area (Å²) in [5, 5.41) is 0. The van der Waals surface area contributed by atoms with Crippen molar-refractivity contribution in [3.63, 3.8) is 0 Å². The third-order valence-electron chi connectivity index (χ3n) is 2.48. The summed E-state index contributed by atoms with van der Waals surface area (Å²) in [5.74, 6) is -0.316. The zero-order valence-electron chi connectivity index (χ0n) is 9.76. The number of aryl methyl sites for hydroxylation is 1. The van der Waals surface area contributed by atoms with Gasteiger partial charge in [-0.3, -0.25) is 14.5 Å². The van der Waals surface area contributed by atoms with Gasteiger partial charge in [-0.15, -0.1) is 0 Å². The summed E-state index contributed by atoms with van der Waals surface area (Å²) in [6.07, 6.45) is 2.14. The number of rotatable bonds is 6. The van der Waals surface area contributed by atoms with Crippen molar-refractivity contribution in [2.24, 2.45) is 0 Å². The quantitative estimate of drug-likeness (QED) is 0.553. The van der Waals surface area contributed by atoms with Crippen LogP contribution >= 0.6 is 0 Å². The number of amides is 2. The number of carbonyl (C=O) groups excluding carboxylic acids is 3. The molecule has 0 aliphatic rings. The average molecular weight is 233 g/mol. The van der Waals surface area contributed by atoms with Crippen LogP contribution in [0.3, 0.4) is 0 Å². The molecule has 90 valence electrons. The summed E-state index contributed by atoms with van der Waals surface area (Å²) >= 11 is 0. The second-order valence-corrected chi connectivity index (χ2v) is 3.73. The molecule has 0 saturated heterocycles. The number of carbonyl (C=O) groups is 3. The molecule has 0 radical (unpaired) electrons. The minimum absolute atomic E-state index is 0.273. The van der Waals surface area contributed by atoms with Crippen molar-refractivity contribution in [3.05, 3.63) is 35.4 Å². The van der Waals surface area contributed by atoms with Crippen LogP contribution in [-0.4, -0.2) is 30.0 Å². The lowest BCUT2D eigenvalue weighted by atomic mass is 10.1. The molecule has 0 fully saturated rings. The number of nitrogens with zero attached hydrogens (tertiary/aromatic N) is 1. The highest BCUT2D eigenvalue weighted by molar-refractivity contribution is 6.00. The first-order chi connectivity index (χ1) is 8.20. The Morgan fingerprint density at radius 2 is 2.00 bits per heavy atom. The van der Waals surface area contributed by atoms with Gasteiger partial charge in [-0.1, -0.05) is 18.2 Å². The predicted octanol–water partition coefficient (Wildman–Crippen LogP) is 1.57. The normalized spacial score (nSPS) is 9.71. The van der Waals surface area contributed by atoms with E-state index < -0.39 is 0 Å². The fourth-order valence-corrected chi connectivity index (χ4v) is 1.51. The minimum atomic E-state index is -0.316. The van der Waals surface area contributed by atoms with E-state index >= 15 is 0 Å². The van der Waals surface area contributed by atoms with Crippen molar-refractivity contribution in [3.8, 4) is 0 Å². The lowest BCUT2D eigenvalue weighted by Crippen LogP contribution is -2.31. The van der Waals surface area contributed by atoms with Gasteiger partial charge in [-0.2, -0.15) is 0 Å². The fourth-order valence-electron chi connectivity index (χ4n) is 1.51. The molecule has 1 aromatic carbocycles. The topological polar surface area (TPSA) is 54.5 Å². The van der Waals surface area contributed by atoms with Crippen LogP contribution in [0.4, 0.5) is 0 Å². The van der Waals surface area contributed by atoms with Crippen LogP contribution in [0.25, 0.3) is 0 Å². The SMILES string of the molecule is Cc1ccccc1C(=O)N(C=O)CCCC=O. The Labute approximate surface area is 100 Å². The lowest BCUT2D eigenvalue weighted by Gasteiger charge is -2.15. The predicted molar refractivity (Wildman–Crippen MR) is 63.6 cm³/mol. The molecule has 0 spiro atoms. The number of hydrogen-bond donors (Lipinski definition) is 0. The molecule has 0 bridgehead atoms. The molecule has 0 atom stereocenters. The van der Waals surface area contributed by atoms with Gasteiger partial charge < -0.3 is 4.79 Å². The highest BCUT2D eigenvalue weighted by atomic mass is 16.2. The Hall–Kier alpha value is -1.97. The minimum Gasteiger partial charge on any atom is -0.303 e. The van der Waals surface area contributed by atoms with Crippen LogP contribution in [0.15, 0.2) is 24.3 Å². The van der Waals surface area contributed by atoms with Gasteiger partial charge >= 0.3 is 0 Å². The highest BCUT2D eigenvalue weighted by Crippen LogP contribution is 2.10. The molecule has 4 nitrogen and oxygen atoms in total. The highest BCUT2D eigenvalue weighted by Gasteiger charge is 2.15. The number of benzene rings is 1. The van der Waals surface area contributed by atoms with Crippen molar-refractivity contribution >= 4 is 18.6 Å². The van der Waals surface area contributed by atoms with Crippen LogP contribution in [0.1, 0.15) is 28.8 Å². The molecule has 0 heterocycles. The van der Waals surface area contributed by atoms with E-state index in [1.165, 1.54) is 0 Å². The van der Waals surface area contributed by atoms with E-state index in [1.54, 1.807) is 12.1 Å². The van der Waals surface area contributed by atoms with Crippen molar-refractivity contribution in [2.45, 2.75) is 19.8 Å². The summed E-state index contributed by atoms with van der Waals surface area (Å²) in [6, 6.07) is 7.11. The molecule has 0 N–H and O–H groups in total. The van der Waals surface area contributed by atoms with E-state index in [9.17, 15) is 14.4 Å². The molecule has 0 aromatic heterocycles. The average Bonchev–Trinajstić information content (AvgIpc) is 2.35. The van der Waals surface area contributed by atoms with Gasteiger partial charge in [0.1, 0.15) is 6.29 Å². The second kappa shape index (κ2) is 6.58. The van der Waals surface area contributed by atoms with E-state index in [-0.39, 0.29) is 12.5 Å². The van der Waals surface area contributed by atoms with Gasteiger partial charge in [0.25, 0.3) is 5.91 Å². The molecular weight excluding hydrogens is 218 g/mol. The van der Waals surface area contributed by atoms with Gasteiger partial charge in [0.2, 0.25) is 6.41 Å². The maximum atomic E-state index is 12.0. The van der Waals surface area contributed by atoms with Gasteiger partial charge in [0, 0.05) is 18.5 Å². The lowest BCUT2D eigenvalue weighted by molar-refractivity contribution is -0.116. The fraction of sp³-hybridized carbons (Fsp3) is 0.308. The summed E-state index contributed by atoms with van der Waals surface area (Å²) < 4.78 is 0. The number of unbranched alkanes of at least 4 members (excludes halogenated alkanes) is 1. The summed E-state index contributed by atoms with van der Waals surface area (Å²) in [7, 11) is 0. The molecule has 2 amide bonds. The van der Waals surface area contributed by atoms with Crippen LogP contribution in [0.2, 0.25) is 0 Å². The Balaban J connectivity index is 2.76. The Morgan fingerprint density at radius 3 is 2.59 bits per heavy atom. The summed E-state index contributed by atoms with van der Waals surface area (Å²) in [6.45, 7) is 2.09. The monoisotopic (exact) mass is 233 g/mol. The third-order valence-corrected chi connectivity index (χ3v) is 2.48. The van der Waals surface area contributed by atoms with Crippen LogP contribution in [0.5, 0.6) is 0 Å². The maximum Gasteiger partial charge on any atom is 0.260 e. The van der Waals surface area contributed by atoms with E-state index in [1.807, 2.05) is 19.1 Å². The first kappa shape index (κ1) is 13.1. The molecule has 0 aliphatic carbocycles. The summed E-state index contributed by atoms with van der Waals surface area (Å²) in [4.78, 5) is 34.1. The van der Waals surface area contributed by atoms with Gasteiger partial charge in [-0.05, 0) is 25.0 Å². The Morgan fingerprint density at radius 1 is 1.29 bits per heavy atom. The molecule has 0 aliphatic heterocycles. The van der Waals surface area contributed by atoms with Crippen molar-refractivity contribution in [1.29, 1.82) is 0 Å². The van der Waals surface area contributed by atoms with Crippen molar-refractivity contribution in [1.82, 2.24) is 4.90 Å². The van der Waals surface area contributed by atoms with Crippen LogP contribution in [0, 0.1) is 6.92 Å². The number of hydrogen-bond acceptors (Lipinski definition) is 3. The zero-order chi connectivity index (χ0) is 12.7. The van der Waals surface area contributed by atoms with Crippen molar-refractivity contribution in [2.75, 3.05) is 6.54 Å². The van der Waals surface area contributed by atoms with Gasteiger partial charge in [-0.25, -0.2) is 0 Å². The van der Waals surface area contributed by atoms with Crippen LogP contribution < -0.4 is 0 Å². The first-order valence-electron chi connectivity index (χ1n) is 5.46. The number of imide groups is 1. The van der Waals surface area contributed by atoms with E-state index in [0.29, 0.717) is 24.8 Å².